The minimum absolute atomic E-state index is 0.0417. The number of rotatable bonds is 8. The molecule has 4 N–H and O–H groups in total. The zero-order chi connectivity index (χ0) is 15.2. The number of ether oxygens (including phenoxy) is 2. The quantitative estimate of drug-likeness (QED) is 0.501. The first kappa shape index (κ1) is 18.3. The summed E-state index contributed by atoms with van der Waals surface area (Å²) in [5.74, 6) is -1.31. The Hall–Kier alpha value is -1.67. The predicted molar refractivity (Wildman–Crippen MR) is 70.9 cm³/mol. The zero-order valence-electron chi connectivity index (χ0n) is 11.1. The highest BCUT2D eigenvalue weighted by Crippen LogP contribution is 2.14. The van der Waals surface area contributed by atoms with Crippen LogP contribution in [0.1, 0.15) is 10.4 Å². The third-order valence-corrected chi connectivity index (χ3v) is 1.98. The van der Waals surface area contributed by atoms with E-state index in [9.17, 15) is 4.79 Å². The lowest BCUT2D eigenvalue weighted by Gasteiger charge is -2.01. The smallest absolute Gasteiger partial charge is 0.339 e. The normalized spacial score (nSPS) is 9.70. The number of aromatic carboxylic acids is 1. The van der Waals surface area contributed by atoms with E-state index in [0.29, 0.717) is 26.4 Å². The van der Waals surface area contributed by atoms with Gasteiger partial charge in [-0.15, -0.1) is 0 Å². The molecule has 0 bridgehead atoms. The van der Waals surface area contributed by atoms with Crippen LogP contribution >= 0.6 is 0 Å². The lowest BCUT2D eigenvalue weighted by atomic mass is 10.2. The summed E-state index contributed by atoms with van der Waals surface area (Å²) in [4.78, 5) is 10.3. The molecule has 1 aromatic carbocycles. The molecular weight excluding hydrogens is 268 g/mol. The van der Waals surface area contributed by atoms with Crippen molar-refractivity contribution in [2.24, 2.45) is 0 Å². The monoisotopic (exact) mass is 288 g/mol. The molecule has 7 heteroatoms. The second kappa shape index (κ2) is 12.4. The van der Waals surface area contributed by atoms with Crippen molar-refractivity contribution in [2.75, 3.05) is 39.6 Å². The van der Waals surface area contributed by atoms with Gasteiger partial charge in [0, 0.05) is 0 Å². The molecule has 0 spiro atoms. The summed E-state index contributed by atoms with van der Waals surface area (Å²) >= 11 is 0. The first-order valence-electron chi connectivity index (χ1n) is 6.02. The van der Waals surface area contributed by atoms with Crippen molar-refractivity contribution in [3.63, 3.8) is 0 Å². The van der Waals surface area contributed by atoms with Gasteiger partial charge in [0.05, 0.1) is 39.6 Å². The molecule has 0 heterocycles. The van der Waals surface area contributed by atoms with Crippen LogP contribution in [0.4, 0.5) is 0 Å². The van der Waals surface area contributed by atoms with E-state index >= 15 is 0 Å². The molecule has 20 heavy (non-hydrogen) atoms. The van der Waals surface area contributed by atoms with Crippen molar-refractivity contribution in [3.8, 4) is 5.75 Å². The second-order valence-corrected chi connectivity index (χ2v) is 3.49. The van der Waals surface area contributed by atoms with Crippen LogP contribution < -0.4 is 0 Å². The number of carboxylic acid groups (broad SMARTS) is 1. The van der Waals surface area contributed by atoms with Gasteiger partial charge in [-0.1, -0.05) is 12.1 Å². The molecule has 1 rings (SSSR count). The summed E-state index contributed by atoms with van der Waals surface area (Å²) in [5.41, 5.74) is -0.0671. The summed E-state index contributed by atoms with van der Waals surface area (Å²) in [6, 6.07) is 5.81. The highest BCUT2D eigenvalue weighted by molar-refractivity contribution is 5.90. The molecular formula is C13H20O7. The Labute approximate surface area is 117 Å². The van der Waals surface area contributed by atoms with Crippen LogP contribution in [0.5, 0.6) is 5.75 Å². The number of hydrogen-bond donors (Lipinski definition) is 4. The van der Waals surface area contributed by atoms with Crippen molar-refractivity contribution < 1.29 is 34.7 Å². The minimum atomic E-state index is -1.11. The van der Waals surface area contributed by atoms with Gasteiger partial charge in [-0.25, -0.2) is 4.79 Å². The van der Waals surface area contributed by atoms with Crippen LogP contribution in [-0.4, -0.2) is 66.0 Å². The second-order valence-electron chi connectivity index (χ2n) is 3.49. The Balaban J connectivity index is 0.000000361. The van der Waals surface area contributed by atoms with E-state index in [1.54, 1.807) is 12.1 Å². The van der Waals surface area contributed by atoms with Crippen LogP contribution in [0.2, 0.25) is 0 Å². The van der Waals surface area contributed by atoms with Crippen LogP contribution in [0.25, 0.3) is 0 Å². The highest BCUT2D eigenvalue weighted by Gasteiger charge is 2.05. The molecule has 0 atom stereocenters. The number of hydrogen-bond acceptors (Lipinski definition) is 6. The van der Waals surface area contributed by atoms with E-state index in [-0.39, 0.29) is 24.5 Å². The Kier molecular flexibility index (Phi) is 11.3. The molecule has 0 saturated carbocycles. The van der Waals surface area contributed by atoms with Gasteiger partial charge in [0.1, 0.15) is 11.3 Å². The van der Waals surface area contributed by atoms with Gasteiger partial charge in [0.25, 0.3) is 0 Å². The molecule has 114 valence electrons. The molecule has 0 aromatic heterocycles. The molecule has 0 radical (unpaired) electrons. The first-order chi connectivity index (χ1) is 9.63. The fraction of sp³-hybridized carbons (Fsp3) is 0.462. The largest absolute Gasteiger partial charge is 0.507 e. The fourth-order valence-corrected chi connectivity index (χ4v) is 1.11. The molecule has 0 saturated heterocycles. The molecule has 0 amide bonds. The predicted octanol–water partition coefficient (Wildman–Crippen LogP) is 0.0946. The highest BCUT2D eigenvalue weighted by atomic mass is 16.5. The lowest BCUT2D eigenvalue weighted by Crippen LogP contribution is -2.09. The van der Waals surface area contributed by atoms with Gasteiger partial charge in [0.15, 0.2) is 0 Å². The van der Waals surface area contributed by atoms with Crippen molar-refractivity contribution >= 4 is 5.97 Å². The van der Waals surface area contributed by atoms with Gasteiger partial charge in [0.2, 0.25) is 0 Å². The Bertz CT molecular complexity index is 359. The standard InChI is InChI=1S/C7H6O3.C6H14O4/c8-6-4-2-1-3-5(6)7(9)10;7-1-3-9-5-6-10-4-2-8/h1-4,8H,(H,9,10);7-8H,1-6H2. The van der Waals surface area contributed by atoms with Crippen LogP contribution in [0.3, 0.4) is 0 Å². The van der Waals surface area contributed by atoms with Crippen LogP contribution in [0, 0.1) is 0 Å². The molecule has 0 aliphatic carbocycles. The summed E-state index contributed by atoms with van der Waals surface area (Å²) in [6.45, 7) is 1.73. The maximum Gasteiger partial charge on any atom is 0.339 e. The number of aromatic hydroxyl groups is 1. The van der Waals surface area contributed by atoms with Crippen molar-refractivity contribution in [1.82, 2.24) is 0 Å². The van der Waals surface area contributed by atoms with E-state index in [1.807, 2.05) is 0 Å². The number of carbonyl (C=O) groups is 1. The van der Waals surface area contributed by atoms with E-state index < -0.39 is 5.97 Å². The summed E-state index contributed by atoms with van der Waals surface area (Å²) in [5, 5.41) is 33.8. The zero-order valence-corrected chi connectivity index (χ0v) is 11.1. The third-order valence-electron chi connectivity index (χ3n) is 1.98. The van der Waals surface area contributed by atoms with Crippen molar-refractivity contribution in [1.29, 1.82) is 0 Å². The van der Waals surface area contributed by atoms with Gasteiger partial charge < -0.3 is 29.9 Å². The number of para-hydroxylation sites is 1. The maximum absolute atomic E-state index is 10.3. The number of benzene rings is 1. The van der Waals surface area contributed by atoms with Gasteiger partial charge in [-0.05, 0) is 12.1 Å². The average molecular weight is 288 g/mol. The SMILES string of the molecule is O=C(O)c1ccccc1O.OCCOCCOCCO. The Morgan fingerprint density at radius 2 is 1.45 bits per heavy atom. The molecule has 1 aromatic rings. The van der Waals surface area contributed by atoms with E-state index in [0.717, 1.165) is 0 Å². The van der Waals surface area contributed by atoms with Crippen LogP contribution in [-0.2, 0) is 9.47 Å². The molecule has 0 aliphatic heterocycles. The molecule has 7 nitrogen and oxygen atoms in total. The number of carboxylic acids is 1. The van der Waals surface area contributed by atoms with E-state index in [4.69, 9.17) is 29.9 Å². The average Bonchev–Trinajstić information content (AvgIpc) is 2.44. The first-order valence-corrected chi connectivity index (χ1v) is 6.02. The van der Waals surface area contributed by atoms with Crippen molar-refractivity contribution in [3.05, 3.63) is 29.8 Å². The number of aliphatic hydroxyl groups excluding tert-OH is 2. The summed E-state index contributed by atoms with van der Waals surface area (Å²) in [6.07, 6.45) is 0. The molecule has 0 fully saturated rings. The third kappa shape index (κ3) is 9.29. The van der Waals surface area contributed by atoms with Gasteiger partial charge in [-0.3, -0.25) is 0 Å². The summed E-state index contributed by atoms with van der Waals surface area (Å²) in [7, 11) is 0. The number of aliphatic hydroxyl groups is 2. The Morgan fingerprint density at radius 1 is 0.950 bits per heavy atom. The van der Waals surface area contributed by atoms with Gasteiger partial charge in [-0.2, -0.15) is 0 Å². The summed E-state index contributed by atoms with van der Waals surface area (Å²) < 4.78 is 9.75. The van der Waals surface area contributed by atoms with E-state index in [1.165, 1.54) is 12.1 Å². The lowest BCUT2D eigenvalue weighted by molar-refractivity contribution is 0.0222. The molecule has 0 aliphatic rings. The Morgan fingerprint density at radius 3 is 1.80 bits per heavy atom. The van der Waals surface area contributed by atoms with Crippen LogP contribution in [0.15, 0.2) is 24.3 Å². The minimum Gasteiger partial charge on any atom is -0.507 e. The topological polar surface area (TPSA) is 116 Å². The molecule has 0 unspecified atom stereocenters. The maximum atomic E-state index is 10.3. The fourth-order valence-electron chi connectivity index (χ4n) is 1.11. The number of phenols is 1. The van der Waals surface area contributed by atoms with E-state index in [2.05, 4.69) is 0 Å². The van der Waals surface area contributed by atoms with Crippen molar-refractivity contribution in [2.45, 2.75) is 0 Å². The van der Waals surface area contributed by atoms with Gasteiger partial charge >= 0.3 is 5.97 Å².